The highest BCUT2D eigenvalue weighted by atomic mass is 16.7. The van der Waals surface area contributed by atoms with E-state index in [2.05, 4.69) is 20.7 Å². The molecule has 1 aliphatic heterocycles. The van der Waals surface area contributed by atoms with Gasteiger partial charge in [0.25, 0.3) is 0 Å². The topological polar surface area (TPSA) is 274 Å². The number of nitrogens with one attached hydrogen (secondary N) is 3. The molecule has 0 aromatic carbocycles. The molecule has 1 heterocycles. The molecule has 0 bridgehead atoms. The van der Waals surface area contributed by atoms with Crippen LogP contribution in [0.25, 0.3) is 0 Å². The van der Waals surface area contributed by atoms with E-state index in [1.54, 1.807) is 0 Å². The van der Waals surface area contributed by atoms with Gasteiger partial charge in [0.1, 0.15) is 30.3 Å². The minimum atomic E-state index is -1.81. The number of hydrogen-bond acceptors (Lipinski definition) is 15. The maximum Gasteiger partial charge on any atom is 0.328 e. The Morgan fingerprint density at radius 3 is 2.00 bits per heavy atom. The molecule has 0 unspecified atom stereocenters. The van der Waals surface area contributed by atoms with E-state index >= 15 is 0 Å². The van der Waals surface area contributed by atoms with E-state index < -0.39 is 109 Å². The zero-order valence-corrected chi connectivity index (χ0v) is 26.6. The fourth-order valence-electron chi connectivity index (χ4n) is 4.04. The van der Waals surface area contributed by atoms with Crippen LogP contribution in [0.5, 0.6) is 0 Å². The van der Waals surface area contributed by atoms with Crippen LogP contribution in [0.4, 0.5) is 0 Å². The van der Waals surface area contributed by atoms with Gasteiger partial charge >= 0.3 is 29.8 Å². The summed E-state index contributed by atoms with van der Waals surface area (Å²) in [6, 6.07) is -4.33. The summed E-state index contributed by atoms with van der Waals surface area (Å²) < 4.78 is 31.9. The summed E-state index contributed by atoms with van der Waals surface area (Å²) in [5, 5.41) is 16.5. The van der Waals surface area contributed by atoms with Crippen LogP contribution in [-0.4, -0.2) is 121 Å². The number of amides is 3. The standard InChI is InChI=1S/C27H42N4O15/c1-12(32)29-20-22(45-15(4)35)21(44-14(3)34)18(11-42-13(2)33)46-25(20)43-10-17(24(38)31-27(5,6)26(39)40)30-23(37)16(28)8-9-19(36)41-7/h16-18,20-22,25H,8-11,28H2,1-7H3,(H,29,32)(H,30,37)(H,31,38)(H,39,40)/t16-,17-,18+,20+,21+,22+,25+/m0/s1. The third-order valence-electron chi connectivity index (χ3n) is 6.33. The number of hydrogen-bond donors (Lipinski definition) is 5. The number of carbonyl (C=O) groups excluding carboxylic acids is 7. The maximum absolute atomic E-state index is 13.2. The van der Waals surface area contributed by atoms with Gasteiger partial charge in [-0.3, -0.25) is 33.6 Å². The molecule has 46 heavy (non-hydrogen) atoms. The molecular weight excluding hydrogens is 620 g/mol. The number of aliphatic carboxylic acids is 1. The zero-order valence-electron chi connectivity index (χ0n) is 26.6. The van der Waals surface area contributed by atoms with Crippen molar-refractivity contribution in [2.75, 3.05) is 20.3 Å². The van der Waals surface area contributed by atoms with Crippen LogP contribution < -0.4 is 21.7 Å². The van der Waals surface area contributed by atoms with Gasteiger partial charge in [-0.05, 0) is 20.3 Å². The third-order valence-corrected chi connectivity index (χ3v) is 6.33. The molecule has 6 N–H and O–H groups in total. The Kier molecular flexibility index (Phi) is 15.5. The van der Waals surface area contributed by atoms with Crippen molar-refractivity contribution in [3.05, 3.63) is 0 Å². The average Bonchev–Trinajstić information content (AvgIpc) is 2.93. The van der Waals surface area contributed by atoms with E-state index in [0.29, 0.717) is 0 Å². The van der Waals surface area contributed by atoms with Crippen molar-refractivity contribution in [2.24, 2.45) is 5.73 Å². The van der Waals surface area contributed by atoms with Gasteiger partial charge in [0.15, 0.2) is 18.5 Å². The van der Waals surface area contributed by atoms with E-state index in [1.807, 2.05) is 0 Å². The largest absolute Gasteiger partial charge is 0.480 e. The molecule has 1 aliphatic rings. The second-order valence-corrected chi connectivity index (χ2v) is 10.8. The van der Waals surface area contributed by atoms with E-state index in [1.165, 1.54) is 13.8 Å². The Morgan fingerprint density at radius 1 is 0.913 bits per heavy atom. The second kappa shape index (κ2) is 18.0. The fraction of sp³-hybridized carbons (Fsp3) is 0.704. The van der Waals surface area contributed by atoms with Gasteiger partial charge in [-0.15, -0.1) is 0 Å². The molecule has 260 valence electrons. The van der Waals surface area contributed by atoms with Crippen LogP contribution in [0.2, 0.25) is 0 Å². The predicted octanol–water partition coefficient (Wildman–Crippen LogP) is -2.60. The minimum Gasteiger partial charge on any atom is -0.480 e. The Morgan fingerprint density at radius 2 is 1.50 bits per heavy atom. The molecule has 0 aromatic heterocycles. The predicted molar refractivity (Wildman–Crippen MR) is 151 cm³/mol. The molecule has 0 spiro atoms. The van der Waals surface area contributed by atoms with Gasteiger partial charge in [-0.2, -0.15) is 0 Å². The molecule has 7 atom stereocenters. The molecule has 0 aromatic rings. The molecule has 19 heteroatoms. The summed E-state index contributed by atoms with van der Waals surface area (Å²) in [6.07, 6.45) is -6.20. The number of carboxylic acids is 1. The third kappa shape index (κ3) is 12.9. The monoisotopic (exact) mass is 662 g/mol. The maximum atomic E-state index is 13.2. The number of carbonyl (C=O) groups is 8. The number of esters is 4. The average molecular weight is 663 g/mol. The van der Waals surface area contributed by atoms with E-state index in [4.69, 9.17) is 29.4 Å². The number of rotatable bonds is 16. The van der Waals surface area contributed by atoms with Crippen LogP contribution in [-0.2, 0) is 66.8 Å². The number of nitrogens with two attached hydrogens (primary N) is 1. The molecule has 0 saturated carbocycles. The highest BCUT2D eigenvalue weighted by Gasteiger charge is 2.51. The lowest BCUT2D eigenvalue weighted by molar-refractivity contribution is -0.278. The van der Waals surface area contributed by atoms with Gasteiger partial charge in [-0.25, -0.2) is 4.79 Å². The lowest BCUT2D eigenvalue weighted by Gasteiger charge is -2.45. The number of ether oxygens (including phenoxy) is 6. The van der Waals surface area contributed by atoms with Crippen molar-refractivity contribution in [1.82, 2.24) is 16.0 Å². The summed E-state index contributed by atoms with van der Waals surface area (Å²) in [6.45, 7) is 5.42. The van der Waals surface area contributed by atoms with Crippen LogP contribution in [0.1, 0.15) is 54.4 Å². The van der Waals surface area contributed by atoms with E-state index in [0.717, 1.165) is 34.8 Å². The molecule has 3 amide bonds. The lowest BCUT2D eigenvalue weighted by Crippen LogP contribution is -2.67. The molecule has 1 saturated heterocycles. The van der Waals surface area contributed by atoms with Gasteiger partial charge in [-0.1, -0.05) is 0 Å². The smallest absolute Gasteiger partial charge is 0.328 e. The van der Waals surface area contributed by atoms with E-state index in [-0.39, 0.29) is 12.8 Å². The first-order chi connectivity index (χ1) is 21.3. The van der Waals surface area contributed by atoms with Crippen molar-refractivity contribution in [3.63, 3.8) is 0 Å². The summed E-state index contributed by atoms with van der Waals surface area (Å²) in [5.74, 6) is -7.07. The van der Waals surface area contributed by atoms with Crippen molar-refractivity contribution >= 4 is 47.6 Å². The first-order valence-corrected chi connectivity index (χ1v) is 14.0. The Labute approximate surface area is 264 Å². The number of methoxy groups -OCH3 is 1. The van der Waals surface area contributed by atoms with Gasteiger partial charge in [0, 0.05) is 34.1 Å². The second-order valence-electron chi connectivity index (χ2n) is 10.8. The highest BCUT2D eigenvalue weighted by molar-refractivity contribution is 5.93. The Hall–Kier alpha value is -4.36. The quantitative estimate of drug-likeness (QED) is 0.0837. The summed E-state index contributed by atoms with van der Waals surface area (Å²) in [7, 11) is 1.15. The number of carboxylic acid groups (broad SMARTS) is 1. The fourth-order valence-corrected chi connectivity index (χ4v) is 4.04. The zero-order chi connectivity index (χ0) is 35.4. The summed E-state index contributed by atoms with van der Waals surface area (Å²) in [5.41, 5.74) is 4.06. The van der Waals surface area contributed by atoms with Crippen LogP contribution in [0, 0.1) is 0 Å². The van der Waals surface area contributed by atoms with Gasteiger partial charge < -0.3 is 55.2 Å². The first-order valence-electron chi connectivity index (χ1n) is 14.0. The van der Waals surface area contributed by atoms with Crippen molar-refractivity contribution < 1.29 is 71.9 Å². The van der Waals surface area contributed by atoms with Crippen LogP contribution >= 0.6 is 0 Å². The summed E-state index contributed by atoms with van der Waals surface area (Å²) >= 11 is 0. The Balaban J connectivity index is 3.46. The minimum absolute atomic E-state index is 0.163. The normalized spacial score (nSPS) is 22.2. The first kappa shape index (κ1) is 39.7. The van der Waals surface area contributed by atoms with Gasteiger partial charge in [0.05, 0.1) is 19.8 Å². The molecular formula is C27H42N4O15. The molecule has 1 fully saturated rings. The molecule has 0 radical (unpaired) electrons. The molecule has 19 nitrogen and oxygen atoms in total. The summed E-state index contributed by atoms with van der Waals surface area (Å²) in [4.78, 5) is 96.9. The molecule has 1 rings (SSSR count). The van der Waals surface area contributed by atoms with Crippen molar-refractivity contribution in [1.29, 1.82) is 0 Å². The van der Waals surface area contributed by atoms with Crippen LogP contribution in [0.3, 0.4) is 0 Å². The molecule has 0 aliphatic carbocycles. The van der Waals surface area contributed by atoms with Crippen molar-refractivity contribution in [2.45, 2.75) is 103 Å². The van der Waals surface area contributed by atoms with E-state index in [9.17, 15) is 43.5 Å². The highest BCUT2D eigenvalue weighted by Crippen LogP contribution is 2.28. The SMILES string of the molecule is COC(=O)CC[C@H](N)C(=O)N[C@@H](CO[C@@H]1O[C@H](COC(C)=O)[C@@H](OC(C)=O)[C@H](OC(C)=O)[C@H]1NC(C)=O)C(=O)NC(C)(C)C(=O)O. The lowest BCUT2D eigenvalue weighted by atomic mass is 9.96. The van der Waals surface area contributed by atoms with Crippen molar-refractivity contribution in [3.8, 4) is 0 Å². The van der Waals surface area contributed by atoms with Gasteiger partial charge in [0.2, 0.25) is 17.7 Å². The van der Waals surface area contributed by atoms with Crippen LogP contribution in [0.15, 0.2) is 0 Å². The Bertz CT molecular complexity index is 1160.